The smallest absolute Gasteiger partial charge is 0.251 e. The SMILES string of the molecule is CC(O)CNC(=O)c1cccc(OCc2cnn(-c3ccccc3)n2)c1. The molecule has 0 fully saturated rings. The van der Waals surface area contributed by atoms with Gasteiger partial charge in [0, 0.05) is 12.1 Å². The summed E-state index contributed by atoms with van der Waals surface area (Å²) >= 11 is 0. The first-order valence-corrected chi connectivity index (χ1v) is 8.27. The van der Waals surface area contributed by atoms with E-state index in [9.17, 15) is 9.90 Å². The largest absolute Gasteiger partial charge is 0.487 e. The molecule has 0 radical (unpaired) electrons. The zero-order valence-electron chi connectivity index (χ0n) is 14.4. The van der Waals surface area contributed by atoms with Crippen LogP contribution in [-0.4, -0.2) is 38.7 Å². The molecule has 3 aromatic rings. The number of para-hydroxylation sites is 1. The van der Waals surface area contributed by atoms with Crippen LogP contribution in [-0.2, 0) is 6.61 Å². The van der Waals surface area contributed by atoms with Gasteiger partial charge in [-0.05, 0) is 37.3 Å². The number of rotatable bonds is 7. The van der Waals surface area contributed by atoms with Crippen molar-refractivity contribution in [3.8, 4) is 11.4 Å². The Kier molecular flexibility index (Phi) is 5.60. The van der Waals surface area contributed by atoms with E-state index in [1.807, 2.05) is 30.3 Å². The summed E-state index contributed by atoms with van der Waals surface area (Å²) in [6, 6.07) is 16.5. The van der Waals surface area contributed by atoms with Gasteiger partial charge in [-0.25, -0.2) is 0 Å². The molecule has 0 saturated heterocycles. The van der Waals surface area contributed by atoms with Crippen LogP contribution in [0.2, 0.25) is 0 Å². The van der Waals surface area contributed by atoms with E-state index in [-0.39, 0.29) is 19.1 Å². The van der Waals surface area contributed by atoms with Crippen LogP contribution >= 0.6 is 0 Å². The second-order valence-electron chi connectivity index (χ2n) is 5.84. The molecule has 0 spiro atoms. The predicted octanol–water partition coefficient (Wildman–Crippen LogP) is 1.96. The third kappa shape index (κ3) is 4.67. The Morgan fingerprint density at radius 1 is 1.23 bits per heavy atom. The van der Waals surface area contributed by atoms with Crippen molar-refractivity contribution in [3.63, 3.8) is 0 Å². The number of benzene rings is 2. The average Bonchev–Trinajstić information content (AvgIpc) is 3.14. The number of nitrogens with zero attached hydrogens (tertiary/aromatic N) is 3. The van der Waals surface area contributed by atoms with Gasteiger partial charge in [0.05, 0.1) is 18.0 Å². The molecule has 134 valence electrons. The topological polar surface area (TPSA) is 89.3 Å². The fourth-order valence-electron chi connectivity index (χ4n) is 2.27. The number of hydrogen-bond acceptors (Lipinski definition) is 5. The van der Waals surface area contributed by atoms with Crippen molar-refractivity contribution in [1.82, 2.24) is 20.3 Å². The maximum atomic E-state index is 12.0. The van der Waals surface area contributed by atoms with Gasteiger partial charge in [-0.3, -0.25) is 4.79 Å². The predicted molar refractivity (Wildman–Crippen MR) is 96.1 cm³/mol. The monoisotopic (exact) mass is 352 g/mol. The molecule has 1 amide bonds. The van der Waals surface area contributed by atoms with Crippen molar-refractivity contribution < 1.29 is 14.6 Å². The highest BCUT2D eigenvalue weighted by Gasteiger charge is 2.08. The van der Waals surface area contributed by atoms with Crippen molar-refractivity contribution in [1.29, 1.82) is 0 Å². The zero-order valence-corrected chi connectivity index (χ0v) is 14.4. The maximum Gasteiger partial charge on any atom is 0.251 e. The molecule has 0 aliphatic rings. The molecule has 7 nitrogen and oxygen atoms in total. The third-order valence-electron chi connectivity index (χ3n) is 3.57. The molecular weight excluding hydrogens is 332 g/mol. The van der Waals surface area contributed by atoms with Crippen molar-refractivity contribution in [2.75, 3.05) is 6.54 Å². The third-order valence-corrected chi connectivity index (χ3v) is 3.57. The lowest BCUT2D eigenvalue weighted by atomic mass is 10.2. The first kappa shape index (κ1) is 17.6. The van der Waals surface area contributed by atoms with Crippen LogP contribution in [0.1, 0.15) is 23.0 Å². The fraction of sp³-hybridized carbons (Fsp3) is 0.211. The van der Waals surface area contributed by atoms with Crippen molar-refractivity contribution >= 4 is 5.91 Å². The summed E-state index contributed by atoms with van der Waals surface area (Å²) in [6.07, 6.45) is 1.05. The summed E-state index contributed by atoms with van der Waals surface area (Å²) in [5, 5.41) is 20.5. The molecule has 2 aromatic carbocycles. The van der Waals surface area contributed by atoms with Crippen molar-refractivity contribution in [2.24, 2.45) is 0 Å². The minimum absolute atomic E-state index is 0.201. The minimum Gasteiger partial charge on any atom is -0.487 e. The number of aliphatic hydroxyl groups excluding tert-OH is 1. The van der Waals surface area contributed by atoms with Gasteiger partial charge in [-0.15, -0.1) is 5.10 Å². The molecule has 0 aliphatic heterocycles. The number of ether oxygens (including phenoxy) is 1. The summed E-state index contributed by atoms with van der Waals surface area (Å²) in [7, 11) is 0. The van der Waals surface area contributed by atoms with Crippen LogP contribution in [0.5, 0.6) is 5.75 Å². The first-order chi connectivity index (χ1) is 12.6. The number of aliphatic hydroxyl groups is 1. The molecule has 0 bridgehead atoms. The Labute approximate surface area is 151 Å². The Morgan fingerprint density at radius 3 is 2.81 bits per heavy atom. The van der Waals surface area contributed by atoms with Gasteiger partial charge in [-0.2, -0.15) is 9.90 Å². The van der Waals surface area contributed by atoms with Gasteiger partial charge in [0.25, 0.3) is 5.91 Å². The fourth-order valence-corrected chi connectivity index (χ4v) is 2.27. The van der Waals surface area contributed by atoms with Crippen LogP contribution in [0.15, 0.2) is 60.8 Å². The molecule has 1 aromatic heterocycles. The number of amides is 1. The van der Waals surface area contributed by atoms with Gasteiger partial charge >= 0.3 is 0 Å². The van der Waals surface area contributed by atoms with Crippen LogP contribution in [0.25, 0.3) is 5.69 Å². The Bertz CT molecular complexity index is 862. The minimum atomic E-state index is -0.592. The lowest BCUT2D eigenvalue weighted by Gasteiger charge is -2.09. The summed E-state index contributed by atoms with van der Waals surface area (Å²) in [5.74, 6) is 0.301. The molecule has 0 saturated carbocycles. The average molecular weight is 352 g/mol. The number of aromatic nitrogens is 3. The van der Waals surface area contributed by atoms with Crippen molar-refractivity contribution in [3.05, 3.63) is 72.1 Å². The van der Waals surface area contributed by atoms with Gasteiger partial charge in [0.15, 0.2) is 0 Å². The Hall–Kier alpha value is -3.19. The standard InChI is InChI=1S/C19H20N4O3/c1-14(24)11-20-19(25)15-6-5-9-18(10-15)26-13-16-12-21-23(22-16)17-7-3-2-4-8-17/h2-10,12,14,24H,11,13H2,1H3,(H,20,25). The molecule has 1 heterocycles. The molecule has 1 atom stereocenters. The highest BCUT2D eigenvalue weighted by Crippen LogP contribution is 2.15. The second kappa shape index (κ2) is 8.26. The molecule has 26 heavy (non-hydrogen) atoms. The highest BCUT2D eigenvalue weighted by atomic mass is 16.5. The lowest BCUT2D eigenvalue weighted by molar-refractivity contribution is 0.0923. The molecule has 2 N–H and O–H groups in total. The van der Waals surface area contributed by atoms with E-state index in [1.165, 1.54) is 0 Å². The van der Waals surface area contributed by atoms with Crippen LogP contribution in [0, 0.1) is 0 Å². The summed E-state index contributed by atoms with van der Waals surface area (Å²) < 4.78 is 5.71. The zero-order chi connectivity index (χ0) is 18.4. The first-order valence-electron chi connectivity index (χ1n) is 8.27. The molecule has 3 rings (SSSR count). The molecular formula is C19H20N4O3. The number of hydrogen-bond donors (Lipinski definition) is 2. The van der Waals surface area contributed by atoms with E-state index in [4.69, 9.17) is 4.74 Å². The highest BCUT2D eigenvalue weighted by molar-refractivity contribution is 5.94. The van der Waals surface area contributed by atoms with Gasteiger partial charge in [0.2, 0.25) is 0 Å². The van der Waals surface area contributed by atoms with E-state index < -0.39 is 6.10 Å². The second-order valence-corrected chi connectivity index (χ2v) is 5.84. The normalized spacial score (nSPS) is 11.8. The van der Waals surface area contributed by atoms with Gasteiger partial charge < -0.3 is 15.2 Å². The van der Waals surface area contributed by atoms with Crippen LogP contribution in [0.3, 0.4) is 0 Å². The molecule has 0 aliphatic carbocycles. The van der Waals surface area contributed by atoms with Gasteiger partial charge in [-0.1, -0.05) is 24.3 Å². The quantitative estimate of drug-likeness (QED) is 0.678. The summed E-state index contributed by atoms with van der Waals surface area (Å²) in [5.41, 5.74) is 2.02. The van der Waals surface area contributed by atoms with E-state index in [1.54, 1.807) is 42.2 Å². The van der Waals surface area contributed by atoms with Crippen LogP contribution < -0.4 is 10.1 Å². The Morgan fingerprint density at radius 2 is 2.04 bits per heavy atom. The van der Waals surface area contributed by atoms with E-state index in [2.05, 4.69) is 15.5 Å². The summed E-state index contributed by atoms with van der Waals surface area (Å²) in [4.78, 5) is 13.6. The number of carbonyl (C=O) groups is 1. The Balaban J connectivity index is 1.61. The summed E-state index contributed by atoms with van der Waals surface area (Å²) in [6.45, 7) is 2.06. The molecule has 1 unspecified atom stereocenters. The van der Waals surface area contributed by atoms with E-state index >= 15 is 0 Å². The van der Waals surface area contributed by atoms with E-state index in [0.717, 1.165) is 5.69 Å². The lowest BCUT2D eigenvalue weighted by Crippen LogP contribution is -2.30. The molecule has 7 heteroatoms. The maximum absolute atomic E-state index is 12.0. The number of carbonyl (C=O) groups excluding carboxylic acids is 1. The van der Waals surface area contributed by atoms with Crippen LogP contribution in [0.4, 0.5) is 0 Å². The van der Waals surface area contributed by atoms with Crippen molar-refractivity contribution in [2.45, 2.75) is 19.6 Å². The number of nitrogens with one attached hydrogen (secondary N) is 1. The van der Waals surface area contributed by atoms with E-state index in [0.29, 0.717) is 17.0 Å². The van der Waals surface area contributed by atoms with Gasteiger partial charge in [0.1, 0.15) is 18.1 Å².